The molecule has 0 unspecified atom stereocenters. The molecule has 0 saturated heterocycles. The first-order valence-corrected chi connectivity index (χ1v) is 7.52. The minimum Gasteiger partial charge on any atom is -0.352 e. The molecule has 2 aromatic heterocycles. The first kappa shape index (κ1) is 11.2. The molecule has 0 saturated carbocycles. The van der Waals surface area contributed by atoms with Crippen LogP contribution in [0.5, 0.6) is 0 Å². The van der Waals surface area contributed by atoms with Gasteiger partial charge >= 0.3 is 0 Å². The van der Waals surface area contributed by atoms with Gasteiger partial charge in [-0.1, -0.05) is 11.6 Å². The van der Waals surface area contributed by atoms with Crippen LogP contribution in [0.2, 0.25) is 0 Å². The van der Waals surface area contributed by atoms with Gasteiger partial charge in [0, 0.05) is 32.8 Å². The summed E-state index contributed by atoms with van der Waals surface area (Å²) in [4.78, 5) is 4.90. The highest BCUT2D eigenvalue weighted by Crippen LogP contribution is 2.41. The molecule has 0 atom stereocenters. The van der Waals surface area contributed by atoms with Crippen molar-refractivity contribution < 1.29 is 0 Å². The van der Waals surface area contributed by atoms with Crippen LogP contribution < -0.4 is 0 Å². The van der Waals surface area contributed by atoms with E-state index in [1.807, 2.05) is 11.8 Å². The fraction of sp³-hybridized carbons (Fsp3) is 0.267. The average Bonchev–Trinajstić information content (AvgIpc) is 2.86. The van der Waals surface area contributed by atoms with Crippen LogP contribution in [0.1, 0.15) is 16.8 Å². The Morgan fingerprint density at radius 1 is 1.26 bits per heavy atom. The van der Waals surface area contributed by atoms with E-state index in [0.717, 1.165) is 17.9 Å². The summed E-state index contributed by atoms with van der Waals surface area (Å²) in [6, 6.07) is 6.58. The Kier molecular flexibility index (Phi) is 2.30. The lowest BCUT2D eigenvalue weighted by molar-refractivity contribution is 1.04. The third-order valence-electron chi connectivity index (χ3n) is 3.82. The number of aromatic nitrogens is 3. The second kappa shape index (κ2) is 3.90. The lowest BCUT2D eigenvalue weighted by atomic mass is 10.1. The van der Waals surface area contributed by atoms with Crippen LogP contribution in [0.15, 0.2) is 23.1 Å². The summed E-state index contributed by atoms with van der Waals surface area (Å²) >= 11 is 1.94. The fourth-order valence-electron chi connectivity index (χ4n) is 2.82. The number of hydrogen-bond acceptors (Lipinski definition) is 2. The molecule has 0 radical (unpaired) electrons. The number of nitrogens with zero attached hydrogens (tertiary/aromatic N) is 1. The van der Waals surface area contributed by atoms with Gasteiger partial charge in [0.1, 0.15) is 5.69 Å². The molecule has 2 N–H and O–H groups in total. The summed E-state index contributed by atoms with van der Waals surface area (Å²) in [5.41, 5.74) is 7.34. The van der Waals surface area contributed by atoms with Crippen molar-refractivity contribution in [3.8, 4) is 11.4 Å². The van der Waals surface area contributed by atoms with Crippen LogP contribution in [0.4, 0.5) is 0 Å². The Morgan fingerprint density at radius 3 is 3.05 bits per heavy atom. The maximum atomic E-state index is 4.51. The summed E-state index contributed by atoms with van der Waals surface area (Å²) in [6.45, 7) is 4.25. The van der Waals surface area contributed by atoms with Gasteiger partial charge in [-0.05, 0) is 32.4 Å². The molecular formula is C15H15N3S. The fourth-order valence-corrected chi connectivity index (χ4v) is 3.94. The Labute approximate surface area is 115 Å². The monoisotopic (exact) mass is 269 g/mol. The van der Waals surface area contributed by atoms with Crippen molar-refractivity contribution in [2.24, 2.45) is 0 Å². The molecule has 0 amide bonds. The molecule has 96 valence electrons. The second-order valence-corrected chi connectivity index (χ2v) is 6.26. The number of hydrogen-bond donors (Lipinski definition) is 2. The van der Waals surface area contributed by atoms with Crippen molar-refractivity contribution in [3.63, 3.8) is 0 Å². The number of rotatable bonds is 0. The Hall–Kier alpha value is -1.68. The van der Waals surface area contributed by atoms with E-state index in [-0.39, 0.29) is 0 Å². The summed E-state index contributed by atoms with van der Waals surface area (Å²) in [6.07, 6.45) is 1.08. The van der Waals surface area contributed by atoms with E-state index in [1.54, 1.807) is 0 Å². The molecule has 19 heavy (non-hydrogen) atoms. The smallest absolute Gasteiger partial charge is 0.113 e. The van der Waals surface area contributed by atoms with Gasteiger partial charge in [-0.15, -0.1) is 11.8 Å². The van der Waals surface area contributed by atoms with E-state index in [2.05, 4.69) is 47.2 Å². The molecule has 0 spiro atoms. The lowest BCUT2D eigenvalue weighted by Gasteiger charge is -1.98. The predicted octanol–water partition coefficient (Wildman–Crippen LogP) is 3.82. The molecular weight excluding hydrogens is 254 g/mol. The van der Waals surface area contributed by atoms with Crippen molar-refractivity contribution in [2.75, 3.05) is 5.75 Å². The summed E-state index contributed by atoms with van der Waals surface area (Å²) in [7, 11) is 0. The van der Waals surface area contributed by atoms with Crippen LogP contribution in [0.25, 0.3) is 22.3 Å². The minimum atomic E-state index is 1.08. The number of thioether (sulfide) groups is 1. The summed E-state index contributed by atoms with van der Waals surface area (Å²) < 4.78 is 0. The summed E-state index contributed by atoms with van der Waals surface area (Å²) in [5, 5.41) is 8.96. The van der Waals surface area contributed by atoms with Crippen LogP contribution in [0, 0.1) is 13.8 Å². The Bertz CT molecular complexity index is 782. The molecule has 0 aliphatic carbocycles. The van der Waals surface area contributed by atoms with Gasteiger partial charge < -0.3 is 4.98 Å². The van der Waals surface area contributed by atoms with Crippen LogP contribution in [0.3, 0.4) is 0 Å². The zero-order valence-corrected chi connectivity index (χ0v) is 11.8. The molecule has 1 aliphatic rings. The van der Waals surface area contributed by atoms with Crippen LogP contribution in [-0.2, 0) is 6.42 Å². The molecule has 1 aromatic carbocycles. The molecule has 4 heteroatoms. The van der Waals surface area contributed by atoms with Gasteiger partial charge in [-0.2, -0.15) is 5.10 Å². The maximum absolute atomic E-state index is 4.51. The van der Waals surface area contributed by atoms with Gasteiger partial charge in [-0.3, -0.25) is 5.10 Å². The zero-order chi connectivity index (χ0) is 13.0. The van der Waals surface area contributed by atoms with E-state index in [1.165, 1.54) is 38.3 Å². The van der Waals surface area contributed by atoms with Crippen molar-refractivity contribution in [2.45, 2.75) is 25.2 Å². The third kappa shape index (κ3) is 1.56. The standard InChI is InChI=1S/C15H15N3S/c1-8-3-4-12-11(7-8)15-14(16-12)13-10(5-6-19-15)9(2)17-18-13/h3-4,7,16H,5-6H2,1-2H3,(H,17,18). The lowest BCUT2D eigenvalue weighted by Crippen LogP contribution is -1.89. The topological polar surface area (TPSA) is 44.5 Å². The Balaban J connectivity index is 2.07. The van der Waals surface area contributed by atoms with E-state index >= 15 is 0 Å². The van der Waals surface area contributed by atoms with Crippen molar-refractivity contribution in [1.82, 2.24) is 15.2 Å². The number of aryl methyl sites for hydroxylation is 2. The predicted molar refractivity (Wildman–Crippen MR) is 79.8 cm³/mol. The van der Waals surface area contributed by atoms with Crippen molar-refractivity contribution in [1.29, 1.82) is 0 Å². The van der Waals surface area contributed by atoms with Gasteiger partial charge in [0.05, 0.1) is 5.69 Å². The molecule has 3 heterocycles. The van der Waals surface area contributed by atoms with Gasteiger partial charge in [0.15, 0.2) is 0 Å². The first-order valence-electron chi connectivity index (χ1n) is 6.53. The minimum absolute atomic E-state index is 1.08. The van der Waals surface area contributed by atoms with Gasteiger partial charge in [0.25, 0.3) is 0 Å². The normalized spacial score (nSPS) is 14.2. The molecule has 3 nitrogen and oxygen atoms in total. The van der Waals surface area contributed by atoms with E-state index < -0.39 is 0 Å². The number of H-pyrrole nitrogens is 2. The molecule has 1 aliphatic heterocycles. The third-order valence-corrected chi connectivity index (χ3v) is 4.94. The molecule has 0 bridgehead atoms. The number of fused-ring (bicyclic) bond motifs is 5. The highest BCUT2D eigenvalue weighted by Gasteiger charge is 2.23. The molecule has 0 fully saturated rings. The van der Waals surface area contributed by atoms with Gasteiger partial charge in [-0.25, -0.2) is 0 Å². The van der Waals surface area contributed by atoms with E-state index in [0.29, 0.717) is 0 Å². The highest BCUT2D eigenvalue weighted by atomic mass is 32.2. The first-order chi connectivity index (χ1) is 9.24. The second-order valence-electron chi connectivity index (χ2n) is 5.15. The number of benzene rings is 1. The van der Waals surface area contributed by atoms with E-state index in [9.17, 15) is 0 Å². The Morgan fingerprint density at radius 2 is 2.16 bits per heavy atom. The number of nitrogens with one attached hydrogen (secondary N) is 2. The number of aromatic amines is 2. The van der Waals surface area contributed by atoms with Gasteiger partial charge in [0.2, 0.25) is 0 Å². The quantitative estimate of drug-likeness (QED) is 0.651. The molecule has 3 aromatic rings. The molecule has 4 rings (SSSR count). The van der Waals surface area contributed by atoms with Crippen molar-refractivity contribution >= 4 is 22.7 Å². The maximum Gasteiger partial charge on any atom is 0.113 e. The summed E-state index contributed by atoms with van der Waals surface area (Å²) in [5.74, 6) is 1.11. The van der Waals surface area contributed by atoms with Crippen LogP contribution in [-0.4, -0.2) is 20.9 Å². The van der Waals surface area contributed by atoms with E-state index in [4.69, 9.17) is 0 Å². The SMILES string of the molecule is Cc1ccc2[nH]c3c(c2c1)SCCc1c-3n[nH]c1C. The highest BCUT2D eigenvalue weighted by molar-refractivity contribution is 7.99. The average molecular weight is 269 g/mol. The van der Waals surface area contributed by atoms with Crippen molar-refractivity contribution in [3.05, 3.63) is 35.0 Å². The largest absolute Gasteiger partial charge is 0.352 e. The zero-order valence-electron chi connectivity index (χ0n) is 11.0. The van der Waals surface area contributed by atoms with Crippen LogP contribution >= 0.6 is 11.8 Å².